The Morgan fingerprint density at radius 1 is 1.03 bits per heavy atom. The van der Waals surface area contributed by atoms with E-state index in [1.54, 1.807) is 21.8 Å². The molecule has 2 amide bonds. The Morgan fingerprint density at radius 3 is 2.34 bits per heavy atom. The number of carbonyl (C=O) groups is 1. The van der Waals surface area contributed by atoms with Gasteiger partial charge < -0.3 is 19.9 Å². The summed E-state index contributed by atoms with van der Waals surface area (Å²) in [6.07, 6.45) is 5.67. The van der Waals surface area contributed by atoms with Gasteiger partial charge in [-0.1, -0.05) is 20.8 Å². The molecule has 0 aliphatic carbocycles. The number of carbonyl (C=O) groups excluding carboxylic acids is 1. The van der Waals surface area contributed by atoms with Gasteiger partial charge >= 0.3 is 6.03 Å². The zero-order chi connectivity index (χ0) is 27.2. The molecule has 1 aromatic carbocycles. The van der Waals surface area contributed by atoms with E-state index in [1.807, 2.05) is 32.3 Å². The summed E-state index contributed by atoms with van der Waals surface area (Å²) in [5, 5.41) is 7.07. The lowest BCUT2D eigenvalue weighted by Gasteiger charge is -2.28. The number of hydrogen-bond donors (Lipinski definition) is 1. The predicted molar refractivity (Wildman–Crippen MR) is 150 cm³/mol. The summed E-state index contributed by atoms with van der Waals surface area (Å²) >= 11 is 0. The highest BCUT2D eigenvalue weighted by Crippen LogP contribution is 2.34. The second-order valence-electron chi connectivity index (χ2n) is 10.6. The average molecular weight is 523 g/mol. The molecule has 38 heavy (non-hydrogen) atoms. The fourth-order valence-corrected chi connectivity index (χ4v) is 4.52. The molecule has 2 aromatic heterocycles. The molecule has 2 aliphatic heterocycles. The highest BCUT2D eigenvalue weighted by molar-refractivity contribution is 5.91. The molecule has 0 spiro atoms. The van der Waals surface area contributed by atoms with Crippen LogP contribution in [0.3, 0.4) is 0 Å². The fraction of sp³-hybridized carbons (Fsp3) is 0.483. The van der Waals surface area contributed by atoms with Gasteiger partial charge in [-0.05, 0) is 66.6 Å². The number of aryl methyl sites for hydroxylation is 2. The number of urea groups is 1. The Bertz CT molecular complexity index is 1240. The topological polar surface area (TPSA) is 75.5 Å². The van der Waals surface area contributed by atoms with Gasteiger partial charge in [-0.2, -0.15) is 5.10 Å². The van der Waals surface area contributed by atoms with Crippen molar-refractivity contribution in [2.24, 2.45) is 13.0 Å². The fourth-order valence-electron chi connectivity index (χ4n) is 4.52. The van der Waals surface area contributed by atoms with E-state index in [9.17, 15) is 9.18 Å². The molecule has 4 heterocycles. The van der Waals surface area contributed by atoms with Gasteiger partial charge in [0.1, 0.15) is 11.6 Å². The molecule has 5 rings (SSSR count). The summed E-state index contributed by atoms with van der Waals surface area (Å²) in [4.78, 5) is 21.4. The van der Waals surface area contributed by atoms with Crippen LogP contribution in [0.5, 0.6) is 0 Å². The zero-order valence-electron chi connectivity index (χ0n) is 23.1. The third-order valence-electron chi connectivity index (χ3n) is 6.41. The summed E-state index contributed by atoms with van der Waals surface area (Å²) in [5.74, 6) is 1.23. The molecule has 0 bridgehead atoms. The summed E-state index contributed by atoms with van der Waals surface area (Å²) in [6, 6.07) is 6.97. The predicted octanol–water partition coefficient (Wildman–Crippen LogP) is 5.72. The maximum absolute atomic E-state index is 14.8. The molecular formula is C29H39FN6O2. The number of ether oxygens (including phenoxy) is 1. The van der Waals surface area contributed by atoms with E-state index >= 15 is 0 Å². The van der Waals surface area contributed by atoms with E-state index in [-0.39, 0.29) is 11.7 Å². The van der Waals surface area contributed by atoms with Crippen LogP contribution < -0.4 is 10.2 Å². The minimum absolute atomic E-state index is 0.185. The maximum atomic E-state index is 14.8. The van der Waals surface area contributed by atoms with E-state index in [4.69, 9.17) is 9.72 Å². The number of benzene rings is 1. The summed E-state index contributed by atoms with van der Waals surface area (Å²) in [7, 11) is 1.87. The molecule has 3 aromatic rings. The van der Waals surface area contributed by atoms with Crippen LogP contribution in [-0.2, 0) is 11.8 Å². The lowest BCUT2D eigenvalue weighted by atomic mass is 9.98. The van der Waals surface area contributed by atoms with Crippen LogP contribution in [0.15, 0.2) is 36.7 Å². The van der Waals surface area contributed by atoms with Crippen molar-refractivity contribution in [3.63, 3.8) is 0 Å². The monoisotopic (exact) mass is 522 g/mol. The number of halogens is 1. The van der Waals surface area contributed by atoms with Gasteiger partial charge in [-0.25, -0.2) is 14.2 Å². The van der Waals surface area contributed by atoms with E-state index in [1.165, 1.54) is 6.07 Å². The molecule has 0 saturated carbocycles. The van der Waals surface area contributed by atoms with Gasteiger partial charge in [-0.3, -0.25) is 4.68 Å². The van der Waals surface area contributed by atoms with Crippen LogP contribution in [0.1, 0.15) is 39.2 Å². The number of hydrogen-bond acceptors (Lipinski definition) is 5. The highest BCUT2D eigenvalue weighted by atomic mass is 19.1. The number of pyridine rings is 1. The molecule has 1 N–H and O–H groups in total. The first-order valence-electron chi connectivity index (χ1n) is 13.4. The van der Waals surface area contributed by atoms with Crippen molar-refractivity contribution >= 4 is 17.5 Å². The van der Waals surface area contributed by atoms with Crippen LogP contribution in [0.2, 0.25) is 0 Å². The number of nitrogens with one attached hydrogen (secondary N) is 1. The van der Waals surface area contributed by atoms with Crippen LogP contribution >= 0.6 is 0 Å². The second kappa shape index (κ2) is 12.4. The molecule has 9 heteroatoms. The molecular weight excluding hydrogens is 483 g/mol. The Kier molecular flexibility index (Phi) is 8.99. The smallest absolute Gasteiger partial charge is 0.321 e. The molecule has 204 valence electrons. The van der Waals surface area contributed by atoms with Crippen molar-refractivity contribution < 1.29 is 13.9 Å². The Hall–Kier alpha value is -3.46. The first-order chi connectivity index (χ1) is 18.2. The van der Waals surface area contributed by atoms with Crippen LogP contribution in [0.25, 0.3) is 22.4 Å². The minimum atomic E-state index is -0.441. The van der Waals surface area contributed by atoms with Gasteiger partial charge in [0, 0.05) is 45.0 Å². The van der Waals surface area contributed by atoms with Crippen molar-refractivity contribution in [3.8, 4) is 22.4 Å². The summed E-state index contributed by atoms with van der Waals surface area (Å²) < 4.78 is 22.1. The van der Waals surface area contributed by atoms with Crippen LogP contribution in [0, 0.1) is 18.7 Å². The third-order valence-corrected chi connectivity index (χ3v) is 6.41. The standard InChI is InChI=1S/C25H29FN6O2.C4H10/c1-17-11-21(26)23(29-25(33)32-5-3-4-6-32)14-20(17)18-12-22(19-15-27-30(2)16-19)28-24(13-18)31-7-9-34-10-8-31;1-4(2)3/h11-16H,3-10H2,1-2H3,(H,29,33);4H,1-3H3. The average Bonchev–Trinajstić information content (AvgIpc) is 3.58. The number of nitrogens with zero attached hydrogens (tertiary/aromatic N) is 5. The Labute approximate surface area is 224 Å². The van der Waals surface area contributed by atoms with Crippen molar-refractivity contribution in [1.29, 1.82) is 0 Å². The summed E-state index contributed by atoms with van der Waals surface area (Å²) in [5.41, 5.74) is 4.42. The number of aromatic nitrogens is 3. The number of rotatable bonds is 4. The first-order valence-corrected chi connectivity index (χ1v) is 13.4. The number of amides is 2. The Balaban J connectivity index is 0.000000786. The molecule has 2 saturated heterocycles. The van der Waals surface area contributed by atoms with Gasteiger partial charge in [-0.15, -0.1) is 0 Å². The van der Waals surface area contributed by atoms with Crippen molar-refractivity contribution in [1.82, 2.24) is 19.7 Å². The third kappa shape index (κ3) is 6.89. The quantitative estimate of drug-likeness (QED) is 0.474. The lowest BCUT2D eigenvalue weighted by Crippen LogP contribution is -2.36. The number of morpholine rings is 1. The van der Waals surface area contributed by atoms with E-state index < -0.39 is 5.82 Å². The molecule has 8 nitrogen and oxygen atoms in total. The molecule has 2 fully saturated rings. The molecule has 0 unspecified atom stereocenters. The van der Waals surface area contributed by atoms with Crippen molar-refractivity contribution in [3.05, 3.63) is 48.0 Å². The van der Waals surface area contributed by atoms with Crippen LogP contribution in [-0.4, -0.2) is 65.1 Å². The second-order valence-corrected chi connectivity index (χ2v) is 10.6. The van der Waals surface area contributed by atoms with Gasteiger partial charge in [0.25, 0.3) is 0 Å². The SMILES string of the molecule is CC(C)C.Cc1cc(F)c(NC(=O)N2CCCC2)cc1-c1cc(-c2cnn(C)c2)nc(N2CCOCC2)c1. The van der Waals surface area contributed by atoms with E-state index in [0.29, 0.717) is 26.3 Å². The van der Waals surface area contributed by atoms with Gasteiger partial charge in [0.2, 0.25) is 0 Å². The van der Waals surface area contributed by atoms with Gasteiger partial charge in [0.05, 0.1) is 30.8 Å². The van der Waals surface area contributed by atoms with Crippen LogP contribution in [0.4, 0.5) is 20.7 Å². The van der Waals surface area contributed by atoms with Gasteiger partial charge in [0.15, 0.2) is 0 Å². The first kappa shape index (κ1) is 27.6. The lowest BCUT2D eigenvalue weighted by molar-refractivity contribution is 0.122. The van der Waals surface area contributed by atoms with E-state index in [0.717, 1.165) is 65.6 Å². The molecule has 0 radical (unpaired) electrons. The number of anilines is 2. The summed E-state index contributed by atoms with van der Waals surface area (Å²) in [6.45, 7) is 12.6. The maximum Gasteiger partial charge on any atom is 0.321 e. The van der Waals surface area contributed by atoms with E-state index in [2.05, 4.69) is 36.1 Å². The number of likely N-dealkylation sites (tertiary alicyclic amines) is 1. The minimum Gasteiger partial charge on any atom is -0.378 e. The van der Waals surface area contributed by atoms with Crippen molar-refractivity contribution in [2.45, 2.75) is 40.5 Å². The zero-order valence-corrected chi connectivity index (χ0v) is 23.1. The largest absolute Gasteiger partial charge is 0.378 e. The highest BCUT2D eigenvalue weighted by Gasteiger charge is 2.21. The molecule has 2 aliphatic rings. The normalized spacial score (nSPS) is 15.4. The Morgan fingerprint density at radius 2 is 1.71 bits per heavy atom. The molecule has 0 atom stereocenters. The van der Waals surface area contributed by atoms with Crippen molar-refractivity contribution in [2.75, 3.05) is 49.6 Å².